The van der Waals surface area contributed by atoms with Crippen molar-refractivity contribution in [1.29, 1.82) is 0 Å². The van der Waals surface area contributed by atoms with E-state index in [4.69, 9.17) is 4.74 Å². The molecule has 0 aliphatic rings. The van der Waals surface area contributed by atoms with Crippen LogP contribution in [0.5, 0.6) is 0 Å². The zero-order chi connectivity index (χ0) is 14.4. The number of hydrogen-bond donors (Lipinski definition) is 1. The van der Waals surface area contributed by atoms with Gasteiger partial charge < -0.3 is 10.1 Å². The number of benzene rings is 1. The minimum Gasteiger partial charge on any atom is -0.385 e. The zero-order valence-electron chi connectivity index (χ0n) is 12.5. The molecule has 1 N–H and O–H groups in total. The predicted molar refractivity (Wildman–Crippen MR) is 81.1 cm³/mol. The summed E-state index contributed by atoms with van der Waals surface area (Å²) in [6.45, 7) is 5.80. The smallest absolute Gasteiger partial charge is 0.110 e. The monoisotopic (exact) mass is 273 g/mol. The van der Waals surface area contributed by atoms with Crippen LogP contribution in [-0.4, -0.2) is 29.3 Å². The molecule has 1 atom stereocenters. The maximum absolute atomic E-state index is 5.10. The van der Waals surface area contributed by atoms with Crippen molar-refractivity contribution in [3.63, 3.8) is 0 Å². The zero-order valence-corrected chi connectivity index (χ0v) is 12.5. The summed E-state index contributed by atoms with van der Waals surface area (Å²) < 4.78 is 7.29. The summed E-state index contributed by atoms with van der Waals surface area (Å²) in [7, 11) is 1.74. The Morgan fingerprint density at radius 2 is 2.05 bits per heavy atom. The van der Waals surface area contributed by atoms with Gasteiger partial charge in [-0.05, 0) is 32.4 Å². The summed E-state index contributed by atoms with van der Waals surface area (Å²) in [6.07, 6.45) is 2.95. The van der Waals surface area contributed by atoms with Gasteiger partial charge in [0.2, 0.25) is 0 Å². The van der Waals surface area contributed by atoms with Crippen molar-refractivity contribution in [2.24, 2.45) is 0 Å². The van der Waals surface area contributed by atoms with Gasteiger partial charge in [0.25, 0.3) is 0 Å². The van der Waals surface area contributed by atoms with Gasteiger partial charge in [-0.2, -0.15) is 0 Å². The van der Waals surface area contributed by atoms with E-state index in [0.29, 0.717) is 6.04 Å². The molecule has 0 saturated heterocycles. The molecule has 0 aliphatic heterocycles. The molecular weight excluding hydrogens is 250 g/mol. The molecule has 0 spiro atoms. The topological polar surface area (TPSA) is 39.1 Å². The van der Waals surface area contributed by atoms with Gasteiger partial charge in [-0.15, -0.1) is 0 Å². The van der Waals surface area contributed by atoms with Crippen molar-refractivity contribution >= 4 is 0 Å². The number of hydrogen-bond acceptors (Lipinski definition) is 3. The molecular formula is C16H23N3O. The fourth-order valence-electron chi connectivity index (χ4n) is 2.22. The van der Waals surface area contributed by atoms with E-state index < -0.39 is 0 Å². The van der Waals surface area contributed by atoms with Gasteiger partial charge >= 0.3 is 0 Å². The number of aromatic nitrogens is 2. The Hall–Kier alpha value is -1.65. The molecule has 0 fully saturated rings. The first-order chi connectivity index (χ1) is 9.72. The highest BCUT2D eigenvalue weighted by Crippen LogP contribution is 2.14. The molecule has 1 aromatic heterocycles. The van der Waals surface area contributed by atoms with E-state index in [0.717, 1.165) is 31.1 Å². The quantitative estimate of drug-likeness (QED) is 0.843. The molecule has 0 saturated carbocycles. The molecule has 2 rings (SSSR count). The number of ether oxygens (including phenoxy) is 1. The van der Waals surface area contributed by atoms with Gasteiger partial charge in [-0.25, -0.2) is 4.98 Å². The highest BCUT2D eigenvalue weighted by molar-refractivity contribution is 5.35. The number of nitrogens with one attached hydrogen (secondary N) is 1. The van der Waals surface area contributed by atoms with Crippen LogP contribution >= 0.6 is 0 Å². The highest BCUT2D eigenvalue weighted by Gasteiger charge is 2.09. The third kappa shape index (κ3) is 3.68. The SMILES string of the molecule is COCCC(C)NCc1cnc(C)n1-c1ccccc1. The maximum atomic E-state index is 5.10. The molecule has 2 aromatic rings. The first kappa shape index (κ1) is 14.8. The summed E-state index contributed by atoms with van der Waals surface area (Å²) >= 11 is 0. The van der Waals surface area contributed by atoms with Crippen molar-refractivity contribution in [3.05, 3.63) is 48.0 Å². The van der Waals surface area contributed by atoms with Crippen molar-refractivity contribution < 1.29 is 4.74 Å². The van der Waals surface area contributed by atoms with Crippen molar-refractivity contribution in [3.8, 4) is 5.69 Å². The Balaban J connectivity index is 2.06. The Morgan fingerprint density at radius 3 is 2.75 bits per heavy atom. The number of methoxy groups -OCH3 is 1. The predicted octanol–water partition coefficient (Wildman–Crippen LogP) is 2.70. The van der Waals surface area contributed by atoms with Crippen molar-refractivity contribution in [2.45, 2.75) is 32.9 Å². The van der Waals surface area contributed by atoms with E-state index >= 15 is 0 Å². The number of nitrogens with zero attached hydrogens (tertiary/aromatic N) is 2. The van der Waals surface area contributed by atoms with Crippen LogP contribution in [-0.2, 0) is 11.3 Å². The molecule has 0 radical (unpaired) electrons. The van der Waals surface area contributed by atoms with Gasteiger partial charge in [0.1, 0.15) is 5.82 Å². The van der Waals surface area contributed by atoms with Crippen molar-refractivity contribution in [1.82, 2.24) is 14.9 Å². The van der Waals surface area contributed by atoms with Gasteiger partial charge in [0.15, 0.2) is 0 Å². The normalized spacial score (nSPS) is 12.6. The average molecular weight is 273 g/mol. The lowest BCUT2D eigenvalue weighted by atomic mass is 10.2. The fourth-order valence-corrected chi connectivity index (χ4v) is 2.22. The molecule has 1 heterocycles. The molecule has 108 valence electrons. The van der Waals surface area contributed by atoms with E-state index in [9.17, 15) is 0 Å². The van der Waals surface area contributed by atoms with Crippen molar-refractivity contribution in [2.75, 3.05) is 13.7 Å². The van der Waals surface area contributed by atoms with Gasteiger partial charge in [0, 0.05) is 32.0 Å². The molecule has 20 heavy (non-hydrogen) atoms. The van der Waals surface area contributed by atoms with Gasteiger partial charge in [-0.3, -0.25) is 4.57 Å². The Labute approximate surface area is 120 Å². The lowest BCUT2D eigenvalue weighted by Crippen LogP contribution is -2.27. The number of para-hydroxylation sites is 1. The Bertz CT molecular complexity index is 522. The minimum atomic E-state index is 0.425. The standard InChI is InChI=1S/C16H23N3O/c1-13(9-10-20-3)17-11-16-12-18-14(2)19(16)15-7-5-4-6-8-15/h4-8,12-13,17H,9-11H2,1-3H3. The Kier molecular flexibility index (Phi) is 5.32. The van der Waals surface area contributed by atoms with Crippen LogP contribution in [0.15, 0.2) is 36.5 Å². The minimum absolute atomic E-state index is 0.425. The second-order valence-electron chi connectivity index (χ2n) is 5.03. The summed E-state index contributed by atoms with van der Waals surface area (Å²) in [5, 5.41) is 3.52. The van der Waals surface area contributed by atoms with Gasteiger partial charge in [-0.1, -0.05) is 18.2 Å². The summed E-state index contributed by atoms with van der Waals surface area (Å²) in [6, 6.07) is 10.8. The van der Waals surface area contributed by atoms with E-state index in [1.165, 1.54) is 5.69 Å². The molecule has 1 aromatic carbocycles. The largest absolute Gasteiger partial charge is 0.385 e. The van der Waals surface area contributed by atoms with Crippen LogP contribution < -0.4 is 5.32 Å². The first-order valence-corrected chi connectivity index (χ1v) is 7.03. The van der Waals surface area contributed by atoms with Gasteiger partial charge in [0.05, 0.1) is 11.9 Å². The number of rotatable bonds is 7. The molecule has 0 amide bonds. The summed E-state index contributed by atoms with van der Waals surface area (Å²) in [5.41, 5.74) is 2.34. The first-order valence-electron chi connectivity index (χ1n) is 7.03. The van der Waals surface area contributed by atoms with Crippen LogP contribution in [0.25, 0.3) is 5.69 Å². The number of imidazole rings is 1. The van der Waals surface area contributed by atoms with E-state index in [-0.39, 0.29) is 0 Å². The molecule has 1 unspecified atom stereocenters. The van der Waals surface area contributed by atoms with Crippen LogP contribution in [0.1, 0.15) is 24.9 Å². The third-order valence-corrected chi connectivity index (χ3v) is 3.41. The molecule has 4 nitrogen and oxygen atoms in total. The third-order valence-electron chi connectivity index (χ3n) is 3.41. The van der Waals surface area contributed by atoms with Crippen LogP contribution in [0.4, 0.5) is 0 Å². The molecule has 0 bridgehead atoms. The maximum Gasteiger partial charge on any atom is 0.110 e. The van der Waals surface area contributed by atoms with E-state index in [1.54, 1.807) is 7.11 Å². The van der Waals surface area contributed by atoms with E-state index in [2.05, 4.69) is 33.9 Å². The summed E-state index contributed by atoms with van der Waals surface area (Å²) in [5.74, 6) is 1.01. The Morgan fingerprint density at radius 1 is 1.30 bits per heavy atom. The number of aryl methyl sites for hydroxylation is 1. The molecule has 4 heteroatoms. The fraction of sp³-hybridized carbons (Fsp3) is 0.438. The average Bonchev–Trinajstić information content (AvgIpc) is 2.84. The van der Waals surface area contributed by atoms with Crippen LogP contribution in [0, 0.1) is 6.92 Å². The van der Waals surface area contributed by atoms with E-state index in [1.807, 2.05) is 31.3 Å². The highest BCUT2D eigenvalue weighted by atomic mass is 16.5. The van der Waals surface area contributed by atoms with Crippen LogP contribution in [0.2, 0.25) is 0 Å². The molecule has 0 aliphatic carbocycles. The second kappa shape index (κ2) is 7.22. The summed E-state index contributed by atoms with van der Waals surface area (Å²) in [4.78, 5) is 4.43. The second-order valence-corrected chi connectivity index (χ2v) is 5.03. The lowest BCUT2D eigenvalue weighted by Gasteiger charge is -2.15. The lowest BCUT2D eigenvalue weighted by molar-refractivity contribution is 0.184. The van der Waals surface area contributed by atoms with Crippen LogP contribution in [0.3, 0.4) is 0 Å².